The molecule has 7 nitrogen and oxygen atoms in total. The Morgan fingerprint density at radius 1 is 1.03 bits per heavy atom. The van der Waals surface area contributed by atoms with Crippen LogP contribution in [0.15, 0.2) is 63.6 Å². The molecule has 1 aliphatic heterocycles. The maximum atomic E-state index is 12.2. The normalized spacial score (nSPS) is 14.7. The topological polar surface area (TPSA) is 94.9 Å². The van der Waals surface area contributed by atoms with Gasteiger partial charge >= 0.3 is 5.97 Å². The maximum Gasteiger partial charge on any atom is 0.363 e. The smallest absolute Gasteiger partial charge is 0.363 e. The predicted octanol–water partition coefficient (Wildman–Crippen LogP) is 5.81. The molecule has 3 aromatic rings. The average molecular weight is 443 g/mol. The maximum absolute atomic E-state index is 12.2. The molecule has 2 aromatic carbocycles. The van der Waals surface area contributed by atoms with Gasteiger partial charge in [-0.3, -0.25) is 10.1 Å². The van der Waals surface area contributed by atoms with Crippen molar-refractivity contribution in [2.75, 3.05) is 0 Å². The first-order chi connectivity index (χ1) is 14.3. The van der Waals surface area contributed by atoms with Crippen LogP contribution >= 0.6 is 23.2 Å². The van der Waals surface area contributed by atoms with E-state index in [0.717, 1.165) is 5.56 Å². The lowest BCUT2D eigenvalue weighted by Gasteiger charge is -2.01. The number of nitro groups is 1. The Labute approximate surface area is 180 Å². The van der Waals surface area contributed by atoms with Crippen molar-refractivity contribution in [3.63, 3.8) is 0 Å². The summed E-state index contributed by atoms with van der Waals surface area (Å²) in [7, 11) is 0. The van der Waals surface area contributed by atoms with E-state index in [4.69, 9.17) is 32.4 Å². The van der Waals surface area contributed by atoms with Gasteiger partial charge in [-0.2, -0.15) is 0 Å². The second-order valence-electron chi connectivity index (χ2n) is 6.43. The fourth-order valence-electron chi connectivity index (χ4n) is 2.90. The number of carbonyl (C=O) groups excluding carboxylic acids is 1. The van der Waals surface area contributed by atoms with Gasteiger partial charge in [-0.1, -0.05) is 23.2 Å². The number of hydrogen-bond donors (Lipinski definition) is 0. The van der Waals surface area contributed by atoms with Gasteiger partial charge in [0.25, 0.3) is 5.69 Å². The highest BCUT2D eigenvalue weighted by Crippen LogP contribution is 2.30. The fourth-order valence-corrected chi connectivity index (χ4v) is 3.19. The Bertz CT molecular complexity index is 1260. The van der Waals surface area contributed by atoms with Crippen molar-refractivity contribution in [2.45, 2.75) is 6.92 Å². The van der Waals surface area contributed by atoms with Crippen LogP contribution < -0.4 is 0 Å². The van der Waals surface area contributed by atoms with Gasteiger partial charge in [-0.05, 0) is 49.4 Å². The Hall–Kier alpha value is -3.42. The van der Waals surface area contributed by atoms with Gasteiger partial charge in [0.15, 0.2) is 5.70 Å². The Morgan fingerprint density at radius 2 is 1.80 bits per heavy atom. The minimum atomic E-state index is -0.645. The molecule has 150 valence electrons. The van der Waals surface area contributed by atoms with Crippen molar-refractivity contribution >= 4 is 46.8 Å². The number of aliphatic imine (C=N–C) groups is 1. The van der Waals surface area contributed by atoms with Crippen molar-refractivity contribution in [3.05, 3.63) is 91.3 Å². The van der Waals surface area contributed by atoms with Crippen molar-refractivity contribution in [2.24, 2.45) is 4.99 Å². The van der Waals surface area contributed by atoms with Gasteiger partial charge in [-0.15, -0.1) is 0 Å². The molecule has 30 heavy (non-hydrogen) atoms. The molecule has 0 fully saturated rings. The molecule has 1 aliphatic rings. The molecule has 9 heteroatoms. The molecule has 1 aromatic heterocycles. The summed E-state index contributed by atoms with van der Waals surface area (Å²) >= 11 is 12.0. The van der Waals surface area contributed by atoms with Crippen molar-refractivity contribution < 1.29 is 18.9 Å². The zero-order valence-electron chi connectivity index (χ0n) is 15.4. The summed E-state index contributed by atoms with van der Waals surface area (Å²) in [5.74, 6) is 0.365. The molecular formula is C21H12Cl2N2O5. The lowest BCUT2D eigenvalue weighted by atomic mass is 10.1. The summed E-state index contributed by atoms with van der Waals surface area (Å²) in [5.41, 5.74) is 1.66. The first kappa shape index (κ1) is 19.9. The molecule has 0 amide bonds. The monoisotopic (exact) mass is 442 g/mol. The van der Waals surface area contributed by atoms with Crippen LogP contribution in [0.4, 0.5) is 5.69 Å². The zero-order chi connectivity index (χ0) is 21.4. The lowest BCUT2D eigenvalue weighted by molar-refractivity contribution is -0.385. The number of esters is 1. The molecule has 0 unspecified atom stereocenters. The van der Waals surface area contributed by atoms with Gasteiger partial charge in [0, 0.05) is 28.8 Å². The van der Waals surface area contributed by atoms with E-state index in [1.807, 2.05) is 0 Å². The van der Waals surface area contributed by atoms with E-state index in [-0.39, 0.29) is 17.3 Å². The minimum absolute atomic E-state index is 0.0233. The Balaban J connectivity index is 1.61. The van der Waals surface area contributed by atoms with Crippen molar-refractivity contribution in [3.8, 4) is 11.3 Å². The van der Waals surface area contributed by atoms with Crippen LogP contribution in [-0.4, -0.2) is 16.8 Å². The third kappa shape index (κ3) is 3.85. The predicted molar refractivity (Wildman–Crippen MR) is 113 cm³/mol. The van der Waals surface area contributed by atoms with Crippen LogP contribution in [0.3, 0.4) is 0 Å². The van der Waals surface area contributed by atoms with Crippen molar-refractivity contribution in [1.82, 2.24) is 0 Å². The summed E-state index contributed by atoms with van der Waals surface area (Å²) in [6.07, 6.45) is 1.45. The molecule has 0 radical (unpaired) electrons. The fraction of sp³-hybridized carbons (Fsp3) is 0.0476. The summed E-state index contributed by atoms with van der Waals surface area (Å²) in [4.78, 5) is 26.9. The molecule has 0 N–H and O–H groups in total. The Morgan fingerprint density at radius 3 is 2.50 bits per heavy atom. The average Bonchev–Trinajstić information content (AvgIpc) is 3.31. The highest BCUT2D eigenvalue weighted by atomic mass is 35.5. The number of ether oxygens (including phenoxy) is 1. The first-order valence-corrected chi connectivity index (χ1v) is 9.40. The quantitative estimate of drug-likeness (QED) is 0.219. The van der Waals surface area contributed by atoms with Crippen LogP contribution in [0.25, 0.3) is 17.4 Å². The number of nitro benzene ring substituents is 1. The van der Waals surface area contributed by atoms with E-state index in [9.17, 15) is 14.9 Å². The summed E-state index contributed by atoms with van der Waals surface area (Å²) in [5, 5.41) is 11.8. The highest BCUT2D eigenvalue weighted by Gasteiger charge is 2.25. The van der Waals surface area contributed by atoms with E-state index in [2.05, 4.69) is 4.99 Å². The largest absolute Gasteiger partial charge is 0.457 e. The van der Waals surface area contributed by atoms with E-state index >= 15 is 0 Å². The second kappa shape index (κ2) is 7.78. The molecule has 0 saturated heterocycles. The molecule has 0 bridgehead atoms. The molecular weight excluding hydrogens is 431 g/mol. The van der Waals surface area contributed by atoms with Crippen LogP contribution in [-0.2, 0) is 9.53 Å². The van der Waals surface area contributed by atoms with Crippen LogP contribution in [0, 0.1) is 17.0 Å². The minimum Gasteiger partial charge on any atom is -0.457 e. The second-order valence-corrected chi connectivity index (χ2v) is 7.24. The molecule has 2 heterocycles. The first-order valence-electron chi connectivity index (χ1n) is 8.65. The number of halogens is 2. The number of hydrogen-bond acceptors (Lipinski definition) is 6. The summed E-state index contributed by atoms with van der Waals surface area (Å²) in [6.45, 7) is 1.60. The standard InChI is InChI=1S/C21H12Cl2N2O5/c1-11-8-13(3-6-18(11)25(27)28)20-24-17(21(26)30-20)10-14-4-7-19(29-14)12-2-5-15(22)16(23)9-12/h2-10H,1H3/b17-10-. The molecule has 0 spiro atoms. The lowest BCUT2D eigenvalue weighted by Crippen LogP contribution is -2.06. The molecule has 4 rings (SSSR count). The van der Waals surface area contributed by atoms with Gasteiger partial charge in [0.2, 0.25) is 5.90 Å². The van der Waals surface area contributed by atoms with Gasteiger partial charge < -0.3 is 9.15 Å². The summed E-state index contributed by atoms with van der Waals surface area (Å²) in [6, 6.07) is 12.9. The molecule has 0 saturated carbocycles. The third-order valence-electron chi connectivity index (χ3n) is 4.37. The number of benzene rings is 2. The van der Waals surface area contributed by atoms with Crippen LogP contribution in [0.1, 0.15) is 16.9 Å². The van der Waals surface area contributed by atoms with E-state index in [1.165, 1.54) is 18.2 Å². The number of aryl methyl sites for hydroxylation is 1. The van der Waals surface area contributed by atoms with E-state index in [1.54, 1.807) is 43.3 Å². The van der Waals surface area contributed by atoms with Crippen LogP contribution in [0.5, 0.6) is 0 Å². The number of nitrogens with zero attached hydrogens (tertiary/aromatic N) is 2. The van der Waals surface area contributed by atoms with Gasteiger partial charge in [0.1, 0.15) is 11.5 Å². The number of rotatable bonds is 4. The molecule has 0 aliphatic carbocycles. The molecule has 0 atom stereocenters. The summed E-state index contributed by atoms with van der Waals surface area (Å²) < 4.78 is 11.0. The van der Waals surface area contributed by atoms with E-state index < -0.39 is 10.9 Å². The van der Waals surface area contributed by atoms with Gasteiger partial charge in [-0.25, -0.2) is 9.79 Å². The number of furan rings is 1. The van der Waals surface area contributed by atoms with Crippen LogP contribution in [0.2, 0.25) is 10.0 Å². The highest BCUT2D eigenvalue weighted by molar-refractivity contribution is 6.42. The van der Waals surface area contributed by atoms with Gasteiger partial charge in [0.05, 0.1) is 15.0 Å². The number of carbonyl (C=O) groups is 1. The zero-order valence-corrected chi connectivity index (χ0v) is 16.9. The third-order valence-corrected chi connectivity index (χ3v) is 5.11. The SMILES string of the molecule is Cc1cc(C2=N/C(=C\c3ccc(-c4ccc(Cl)c(Cl)c4)o3)C(=O)O2)ccc1[N+](=O)[O-]. The Kier molecular flexibility index (Phi) is 5.15. The van der Waals surface area contributed by atoms with Crippen molar-refractivity contribution in [1.29, 1.82) is 0 Å². The van der Waals surface area contributed by atoms with E-state index in [0.29, 0.717) is 32.7 Å². The number of cyclic esters (lactones) is 1.